The summed E-state index contributed by atoms with van der Waals surface area (Å²) in [6, 6.07) is 0. The maximum atomic E-state index is 11.0. The van der Waals surface area contributed by atoms with Crippen LogP contribution in [0.5, 0.6) is 5.75 Å². The van der Waals surface area contributed by atoms with Gasteiger partial charge in [0.15, 0.2) is 22.5 Å². The molecule has 1 aromatic rings. The first-order valence-electron chi connectivity index (χ1n) is 5.76. The topological polar surface area (TPSA) is 64.5 Å². The van der Waals surface area contributed by atoms with Gasteiger partial charge in [0.1, 0.15) is 6.61 Å². The number of ether oxygens (including phenoxy) is 2. The number of morpholine rings is 1. The number of aromatic nitrogens is 2. The molecule has 0 N–H and O–H groups in total. The Hall–Kier alpha value is -1.11. The van der Waals surface area contributed by atoms with Gasteiger partial charge in [0, 0.05) is 13.1 Å². The zero-order valence-electron chi connectivity index (χ0n) is 10.4. The van der Waals surface area contributed by atoms with Crippen LogP contribution in [0.2, 0.25) is 10.4 Å². The summed E-state index contributed by atoms with van der Waals surface area (Å²) in [5, 5.41) is 0.143. The van der Waals surface area contributed by atoms with Gasteiger partial charge < -0.3 is 14.4 Å². The predicted octanol–water partition coefficient (Wildman–Crippen LogP) is 1.59. The van der Waals surface area contributed by atoms with E-state index >= 15 is 0 Å². The van der Waals surface area contributed by atoms with Crippen molar-refractivity contribution in [2.75, 3.05) is 37.8 Å². The maximum absolute atomic E-state index is 11.0. The molecule has 1 fully saturated rings. The first kappa shape index (κ1) is 14.3. The van der Waals surface area contributed by atoms with Crippen molar-refractivity contribution in [2.45, 2.75) is 6.92 Å². The van der Waals surface area contributed by atoms with E-state index in [-0.39, 0.29) is 28.6 Å². The maximum Gasteiger partial charge on any atom is 0.226 e. The lowest BCUT2D eigenvalue weighted by molar-refractivity contribution is -0.118. The highest BCUT2D eigenvalue weighted by atomic mass is 35.5. The Morgan fingerprint density at radius 3 is 2.68 bits per heavy atom. The molecule has 0 aliphatic carbocycles. The Morgan fingerprint density at radius 1 is 1.37 bits per heavy atom. The average Bonchev–Trinajstić information content (AvgIpc) is 2.37. The van der Waals surface area contributed by atoms with Crippen molar-refractivity contribution < 1.29 is 14.3 Å². The molecular formula is C11H13Cl2N3O3. The van der Waals surface area contributed by atoms with E-state index in [1.165, 1.54) is 6.92 Å². The number of hydrogen-bond donors (Lipinski definition) is 0. The second-order valence-electron chi connectivity index (χ2n) is 4.03. The minimum Gasteiger partial charge on any atom is -0.479 e. The zero-order chi connectivity index (χ0) is 13.8. The predicted molar refractivity (Wildman–Crippen MR) is 71.3 cm³/mol. The van der Waals surface area contributed by atoms with Gasteiger partial charge in [0.2, 0.25) is 5.28 Å². The summed E-state index contributed by atoms with van der Waals surface area (Å²) < 4.78 is 10.7. The molecule has 1 aromatic heterocycles. The third-order valence-electron chi connectivity index (χ3n) is 2.51. The van der Waals surface area contributed by atoms with Crippen LogP contribution in [0.4, 0.5) is 5.82 Å². The first-order valence-corrected chi connectivity index (χ1v) is 6.51. The fraction of sp³-hybridized carbons (Fsp3) is 0.545. The van der Waals surface area contributed by atoms with Gasteiger partial charge in [-0.25, -0.2) is 4.98 Å². The van der Waals surface area contributed by atoms with Crippen molar-refractivity contribution in [1.29, 1.82) is 0 Å². The summed E-state index contributed by atoms with van der Waals surface area (Å²) in [6.45, 7) is 3.83. The minimum atomic E-state index is -0.112. The van der Waals surface area contributed by atoms with Gasteiger partial charge in [-0.1, -0.05) is 11.6 Å². The van der Waals surface area contributed by atoms with Crippen molar-refractivity contribution in [3.63, 3.8) is 0 Å². The number of carbonyl (C=O) groups is 1. The number of nitrogens with zero attached hydrogens (tertiary/aromatic N) is 3. The molecule has 0 saturated carbocycles. The molecule has 1 saturated heterocycles. The highest BCUT2D eigenvalue weighted by Crippen LogP contribution is 2.34. The molecule has 19 heavy (non-hydrogen) atoms. The summed E-state index contributed by atoms with van der Waals surface area (Å²) in [5.74, 6) is 0.664. The smallest absolute Gasteiger partial charge is 0.226 e. The van der Waals surface area contributed by atoms with Gasteiger partial charge in [-0.3, -0.25) is 4.79 Å². The summed E-state index contributed by atoms with van der Waals surface area (Å²) in [6.07, 6.45) is 0. The van der Waals surface area contributed by atoms with Gasteiger partial charge in [0.25, 0.3) is 0 Å². The van der Waals surface area contributed by atoms with Crippen LogP contribution in [0, 0.1) is 0 Å². The number of hydrogen-bond acceptors (Lipinski definition) is 6. The molecular weight excluding hydrogens is 293 g/mol. The summed E-state index contributed by atoms with van der Waals surface area (Å²) >= 11 is 11.8. The molecule has 104 valence electrons. The molecule has 0 atom stereocenters. The average molecular weight is 306 g/mol. The normalized spacial score (nSPS) is 15.4. The van der Waals surface area contributed by atoms with E-state index < -0.39 is 0 Å². The standard InChI is InChI=1S/C11H13Cl2N3O3/c1-7(17)6-19-8-9(12)14-11(13)15-10(8)16-2-4-18-5-3-16/h2-6H2,1H3. The van der Waals surface area contributed by atoms with Crippen molar-refractivity contribution in [2.24, 2.45) is 0 Å². The fourth-order valence-electron chi connectivity index (χ4n) is 1.67. The van der Waals surface area contributed by atoms with Gasteiger partial charge >= 0.3 is 0 Å². The second-order valence-corrected chi connectivity index (χ2v) is 4.72. The van der Waals surface area contributed by atoms with E-state index in [1.807, 2.05) is 4.90 Å². The fourth-order valence-corrected chi connectivity index (χ4v) is 2.10. The zero-order valence-corrected chi connectivity index (χ0v) is 11.9. The van der Waals surface area contributed by atoms with Gasteiger partial charge in [0.05, 0.1) is 13.2 Å². The molecule has 2 rings (SSSR count). The van der Waals surface area contributed by atoms with E-state index in [0.717, 1.165) is 0 Å². The lowest BCUT2D eigenvalue weighted by Gasteiger charge is -2.29. The number of carbonyl (C=O) groups excluding carboxylic acids is 1. The van der Waals surface area contributed by atoms with Crippen LogP contribution in [0.1, 0.15) is 6.92 Å². The quantitative estimate of drug-likeness (QED) is 0.622. The van der Waals surface area contributed by atoms with E-state index in [1.54, 1.807) is 0 Å². The van der Waals surface area contributed by atoms with Crippen LogP contribution in [0.25, 0.3) is 0 Å². The summed E-state index contributed by atoms with van der Waals surface area (Å²) in [7, 11) is 0. The number of ketones is 1. The van der Waals surface area contributed by atoms with Crippen LogP contribution < -0.4 is 9.64 Å². The highest BCUT2D eigenvalue weighted by molar-refractivity contribution is 6.33. The largest absolute Gasteiger partial charge is 0.479 e. The molecule has 2 heterocycles. The van der Waals surface area contributed by atoms with Gasteiger partial charge in [-0.05, 0) is 18.5 Å². The lowest BCUT2D eigenvalue weighted by Crippen LogP contribution is -2.37. The monoisotopic (exact) mass is 305 g/mol. The van der Waals surface area contributed by atoms with Crippen LogP contribution >= 0.6 is 23.2 Å². The van der Waals surface area contributed by atoms with Crippen molar-refractivity contribution >= 4 is 34.8 Å². The van der Waals surface area contributed by atoms with E-state index in [4.69, 9.17) is 32.7 Å². The molecule has 0 aromatic carbocycles. The van der Waals surface area contributed by atoms with Crippen LogP contribution in [-0.2, 0) is 9.53 Å². The highest BCUT2D eigenvalue weighted by Gasteiger charge is 2.22. The molecule has 6 nitrogen and oxygen atoms in total. The third-order valence-corrected chi connectivity index (χ3v) is 2.93. The Bertz CT molecular complexity index is 478. The molecule has 0 amide bonds. The molecule has 1 aliphatic rings. The lowest BCUT2D eigenvalue weighted by atomic mass is 10.4. The van der Waals surface area contributed by atoms with E-state index in [9.17, 15) is 4.79 Å². The number of rotatable bonds is 4. The van der Waals surface area contributed by atoms with Crippen molar-refractivity contribution in [1.82, 2.24) is 9.97 Å². The van der Waals surface area contributed by atoms with Crippen molar-refractivity contribution in [3.8, 4) is 5.75 Å². The summed E-state index contributed by atoms with van der Waals surface area (Å²) in [4.78, 5) is 20.9. The van der Waals surface area contributed by atoms with Gasteiger partial charge in [-0.15, -0.1) is 0 Å². The Morgan fingerprint density at radius 2 is 2.05 bits per heavy atom. The van der Waals surface area contributed by atoms with Gasteiger partial charge in [-0.2, -0.15) is 4.98 Å². The number of halogens is 2. The summed E-state index contributed by atoms with van der Waals surface area (Å²) in [5.41, 5.74) is 0. The van der Waals surface area contributed by atoms with Crippen LogP contribution in [0.15, 0.2) is 0 Å². The molecule has 1 aliphatic heterocycles. The minimum absolute atomic E-state index is 0.0432. The SMILES string of the molecule is CC(=O)COc1c(Cl)nc(Cl)nc1N1CCOCC1. The second kappa shape index (κ2) is 6.36. The molecule has 8 heteroatoms. The molecule has 0 unspecified atom stereocenters. The third kappa shape index (κ3) is 3.68. The Balaban J connectivity index is 2.30. The van der Waals surface area contributed by atoms with E-state index in [0.29, 0.717) is 32.1 Å². The molecule has 0 bridgehead atoms. The number of anilines is 1. The van der Waals surface area contributed by atoms with Crippen LogP contribution in [0.3, 0.4) is 0 Å². The Labute approximate surface area is 120 Å². The molecule has 0 spiro atoms. The van der Waals surface area contributed by atoms with Crippen LogP contribution in [-0.4, -0.2) is 48.7 Å². The van der Waals surface area contributed by atoms with E-state index in [2.05, 4.69) is 9.97 Å². The number of Topliss-reactive ketones (excluding diaryl/α,β-unsaturated/α-hetero) is 1. The van der Waals surface area contributed by atoms with Crippen molar-refractivity contribution in [3.05, 3.63) is 10.4 Å². The first-order chi connectivity index (χ1) is 9.08. The molecule has 0 radical (unpaired) electrons. The Kier molecular flexibility index (Phi) is 4.79.